The van der Waals surface area contributed by atoms with Crippen LogP contribution in [0.3, 0.4) is 0 Å². The van der Waals surface area contributed by atoms with E-state index in [1.807, 2.05) is 0 Å². The van der Waals surface area contributed by atoms with Crippen molar-refractivity contribution in [2.45, 2.75) is 57.5 Å². The maximum atomic E-state index is 11.4. The van der Waals surface area contributed by atoms with Crippen LogP contribution in [-0.4, -0.2) is 102 Å². The molecule has 22 nitrogen and oxygen atoms in total. The van der Waals surface area contributed by atoms with Crippen molar-refractivity contribution in [3.63, 3.8) is 0 Å². The fraction of sp³-hybridized carbons (Fsp3) is 0.302. The number of amides is 2. The highest BCUT2D eigenvalue weighted by molar-refractivity contribution is 7.90. The van der Waals surface area contributed by atoms with E-state index in [4.69, 9.17) is 26.0 Å². The molecule has 0 fully saturated rings. The summed E-state index contributed by atoms with van der Waals surface area (Å²) in [6.45, 7) is 5.87. The first-order valence-electron chi connectivity index (χ1n) is 20.9. The van der Waals surface area contributed by atoms with Gasteiger partial charge in [0.1, 0.15) is 0 Å². The highest BCUT2D eigenvalue weighted by atomic mass is 32.2. The Morgan fingerprint density at radius 1 is 0.606 bits per heavy atom. The van der Waals surface area contributed by atoms with Gasteiger partial charge in [-0.25, -0.2) is 8.42 Å². The molecule has 2 aromatic carbocycles. The number of benzene rings is 2. The van der Waals surface area contributed by atoms with Gasteiger partial charge in [-0.15, -0.1) is 10.2 Å². The molecule has 0 aliphatic rings. The van der Waals surface area contributed by atoms with Gasteiger partial charge in [-0.2, -0.15) is 38.9 Å². The molecule has 0 saturated heterocycles. The van der Waals surface area contributed by atoms with Gasteiger partial charge in [-0.1, -0.05) is 48.5 Å². The molecule has 0 saturated carbocycles. The summed E-state index contributed by atoms with van der Waals surface area (Å²) in [5.74, 6) is 2.54. The molecule has 66 heavy (non-hydrogen) atoms. The molecule has 0 radical (unpaired) electrons. The highest BCUT2D eigenvalue weighted by Crippen LogP contribution is 2.19. The third kappa shape index (κ3) is 13.9. The molecular weight excluding hydrogens is 869 g/mol. The molecule has 0 spiro atoms. The minimum absolute atomic E-state index is 0.00899. The van der Waals surface area contributed by atoms with Gasteiger partial charge in [-0.3, -0.25) is 9.59 Å². The number of anilines is 3. The number of nitrogens with one attached hydrogen (secondary N) is 3. The van der Waals surface area contributed by atoms with E-state index in [1.54, 1.807) is 37.5 Å². The fourth-order valence-electron chi connectivity index (χ4n) is 6.20. The number of nitrogens with zero attached hydrogens (tertiary/aromatic N) is 10. The number of fused-ring (bicyclic) bond motifs is 2. The first kappa shape index (κ1) is 47.7. The summed E-state index contributed by atoms with van der Waals surface area (Å²) in [6, 6.07) is 23.9. The second-order valence-corrected chi connectivity index (χ2v) is 16.7. The van der Waals surface area contributed by atoms with Crippen LogP contribution in [0, 0.1) is 0 Å². The van der Waals surface area contributed by atoms with Gasteiger partial charge in [0, 0.05) is 39.7 Å². The molecule has 0 unspecified atom stereocenters. The average molecular weight is 921 g/mol. The van der Waals surface area contributed by atoms with Crippen molar-refractivity contribution in [2.24, 2.45) is 5.73 Å². The number of furan rings is 2. The largest absolute Gasteiger partial charge is 0.461 e. The number of nitrogen functional groups attached to an aromatic ring is 2. The van der Waals surface area contributed by atoms with Gasteiger partial charge in [0.2, 0.25) is 51.1 Å². The molecule has 8 rings (SSSR count). The predicted octanol–water partition coefficient (Wildman–Crippen LogP) is 3.11. The van der Waals surface area contributed by atoms with Crippen molar-refractivity contribution >= 4 is 51.1 Å². The van der Waals surface area contributed by atoms with Crippen LogP contribution in [0.25, 0.3) is 34.7 Å². The number of nitrogens with two attached hydrogens (primary N) is 3. The highest BCUT2D eigenvalue weighted by Gasteiger charge is 2.19. The third-order valence-corrected chi connectivity index (χ3v) is 10.3. The van der Waals surface area contributed by atoms with Gasteiger partial charge in [0.25, 0.3) is 16.7 Å². The molecule has 2 amide bonds. The topological polar surface area (TPSA) is 321 Å². The van der Waals surface area contributed by atoms with Crippen LogP contribution in [0.2, 0.25) is 0 Å². The van der Waals surface area contributed by atoms with Gasteiger partial charge in [-0.05, 0) is 91.6 Å². The van der Waals surface area contributed by atoms with Crippen molar-refractivity contribution in [1.82, 2.24) is 59.8 Å². The summed E-state index contributed by atoms with van der Waals surface area (Å²) in [6.07, 6.45) is 9.61. The molecule has 346 valence electrons. The molecule has 23 heteroatoms. The predicted molar refractivity (Wildman–Crippen MR) is 246 cm³/mol. The maximum absolute atomic E-state index is 11.4. The Labute approximate surface area is 379 Å². The van der Waals surface area contributed by atoms with Gasteiger partial charge < -0.3 is 42.0 Å². The zero-order chi connectivity index (χ0) is 47.1. The maximum Gasteiger partial charge on any atom is 0.259 e. The summed E-state index contributed by atoms with van der Waals surface area (Å²) >= 11 is 0. The van der Waals surface area contributed by atoms with Gasteiger partial charge >= 0.3 is 0 Å². The molecule has 8 aromatic rings. The van der Waals surface area contributed by atoms with E-state index in [0.29, 0.717) is 48.7 Å². The summed E-state index contributed by atoms with van der Waals surface area (Å²) < 4.78 is 35.8. The lowest BCUT2D eigenvalue weighted by Crippen LogP contribution is -2.21. The van der Waals surface area contributed by atoms with Gasteiger partial charge in [0.05, 0.1) is 12.5 Å². The first-order valence-corrected chi connectivity index (χ1v) is 22.8. The van der Waals surface area contributed by atoms with Crippen molar-refractivity contribution in [1.29, 1.82) is 0 Å². The van der Waals surface area contributed by atoms with Crippen LogP contribution >= 0.6 is 0 Å². The van der Waals surface area contributed by atoms with Gasteiger partial charge in [0.15, 0.2) is 11.5 Å². The Morgan fingerprint density at radius 3 is 1.50 bits per heavy atom. The van der Waals surface area contributed by atoms with Crippen LogP contribution in [0.15, 0.2) is 99.3 Å². The number of sulfone groups is 1. The van der Waals surface area contributed by atoms with Crippen molar-refractivity contribution in [3.05, 3.63) is 108 Å². The molecule has 0 aliphatic carbocycles. The number of carbonyl (C=O) groups excluding carboxylic acids is 2. The normalized spacial score (nSPS) is 11.1. The molecule has 0 aliphatic heterocycles. The van der Waals surface area contributed by atoms with E-state index in [9.17, 15) is 18.0 Å². The lowest BCUT2D eigenvalue weighted by atomic mass is 10.1. The average Bonchev–Trinajstić information content (AvgIpc) is 4.13. The summed E-state index contributed by atoms with van der Waals surface area (Å²) in [5, 5.41) is 16.7. The minimum Gasteiger partial charge on any atom is -0.461 e. The molecular formula is C43H52N16O6S. The zero-order valence-electron chi connectivity index (χ0n) is 36.7. The Hall–Kier alpha value is -7.79. The summed E-state index contributed by atoms with van der Waals surface area (Å²) in [7, 11) is -3.57. The molecule has 0 bridgehead atoms. The smallest absolute Gasteiger partial charge is 0.259 e. The van der Waals surface area contributed by atoms with Crippen LogP contribution in [0.1, 0.15) is 48.9 Å². The monoisotopic (exact) mass is 920 g/mol. The van der Waals surface area contributed by atoms with E-state index < -0.39 is 15.0 Å². The Bertz CT molecular complexity index is 2920. The Kier molecular flexibility index (Phi) is 16.4. The van der Waals surface area contributed by atoms with Crippen molar-refractivity contribution in [3.8, 4) is 23.2 Å². The zero-order valence-corrected chi connectivity index (χ0v) is 37.5. The van der Waals surface area contributed by atoms with Crippen molar-refractivity contribution in [2.75, 3.05) is 49.2 Å². The van der Waals surface area contributed by atoms with Crippen LogP contribution in [0.4, 0.5) is 17.8 Å². The lowest BCUT2D eigenvalue weighted by molar-refractivity contribution is -0.119. The van der Waals surface area contributed by atoms with E-state index >= 15 is 0 Å². The number of aryl methyl sites for hydroxylation is 2. The molecule has 6 heterocycles. The van der Waals surface area contributed by atoms with E-state index in [0.717, 1.165) is 55.8 Å². The fourth-order valence-corrected chi connectivity index (χ4v) is 6.71. The Morgan fingerprint density at radius 2 is 1.06 bits per heavy atom. The van der Waals surface area contributed by atoms with E-state index in [1.165, 1.54) is 40.0 Å². The molecule has 6 aromatic heterocycles. The number of hydrogen-bond donors (Lipinski definition) is 6. The van der Waals surface area contributed by atoms with E-state index in [2.05, 4.69) is 105 Å². The number of carbonyl (C=O) groups is 2. The quantitative estimate of drug-likeness (QED) is 0.0715. The number of aromatic nitrogens is 10. The molecule has 0 atom stereocenters. The Balaban J connectivity index is 0.000000176. The SMILES string of the molecule is CC(=O)NCCCc1ccc(CCN)cc1.CC(=O)NCCCc1ccc(CCNc2nc(N)n3nc(-c4ccco4)nc3n2)cc1.CS(=O)(=O)c1nc(N)n2nc(-c3ccco3)nc2n1. The van der Waals surface area contributed by atoms with Crippen molar-refractivity contribution < 1.29 is 26.8 Å². The second-order valence-electron chi connectivity index (χ2n) is 14.8. The third-order valence-electron chi connectivity index (χ3n) is 9.47. The van der Waals surface area contributed by atoms with E-state index in [-0.39, 0.29) is 35.3 Å². The second kappa shape index (κ2) is 22.7. The summed E-state index contributed by atoms with van der Waals surface area (Å²) in [4.78, 5) is 46.1. The van der Waals surface area contributed by atoms with Crippen LogP contribution < -0.4 is 33.2 Å². The minimum atomic E-state index is -3.57. The summed E-state index contributed by atoms with van der Waals surface area (Å²) in [5.41, 5.74) is 22.2. The van der Waals surface area contributed by atoms with Crippen LogP contribution in [-0.2, 0) is 45.1 Å². The number of rotatable bonds is 17. The lowest BCUT2D eigenvalue weighted by Gasteiger charge is -2.07. The van der Waals surface area contributed by atoms with Crippen LogP contribution in [0.5, 0.6) is 0 Å². The molecule has 9 N–H and O–H groups in total. The number of hydrogen-bond acceptors (Lipinski definition) is 18. The standard InChI is InChI=1S/C21H24N8O2.C13H20N2O.C9H8N6O3S/c1-14(30)23-11-2-4-15-6-8-16(9-7-15)10-12-24-20-26-19(22)29-21(27-20)25-18(28-29)17-5-3-13-31-17;1-11(16)15-10-2-3-12-4-6-13(7-5-12)8-9-14;1-19(16,17)9-12-7(10)15-8(13-9)11-6(14-15)5-3-2-4-18-5/h3,5-9,13H,2,4,10-12H2,1H3,(H,23,30)(H3,22,24,25,26,27,28);4-7H,2-3,8-10,14H2,1H3,(H,15,16);2-4H,1H3,(H2,10,11,12,13,14). The first-order chi connectivity index (χ1) is 31.7.